The maximum absolute atomic E-state index is 13.0. The van der Waals surface area contributed by atoms with Crippen molar-refractivity contribution < 1.29 is 14.3 Å². The molecule has 2 saturated heterocycles. The number of benzene rings is 2. The Morgan fingerprint density at radius 1 is 1.06 bits per heavy atom. The summed E-state index contributed by atoms with van der Waals surface area (Å²) in [6.07, 6.45) is -0.169. The predicted molar refractivity (Wildman–Crippen MR) is 114 cm³/mol. The number of hydrogen-bond donors (Lipinski definition) is 2. The van der Waals surface area contributed by atoms with Gasteiger partial charge in [-0.15, -0.1) is 0 Å². The molecule has 2 aliphatic heterocycles. The fourth-order valence-electron chi connectivity index (χ4n) is 3.94. The second-order valence-electron chi connectivity index (χ2n) is 7.72. The summed E-state index contributed by atoms with van der Waals surface area (Å²) in [7, 11) is 0. The van der Waals surface area contributed by atoms with Crippen molar-refractivity contribution in [3.8, 4) is 11.8 Å². The molecule has 4 rings (SSSR count). The largest absolute Gasteiger partial charge is 0.487 e. The standard InChI is InChI=1S/C23H25N5O3/c1-16(29)27-9-11-28(12-10-27)23(30)19-4-2-3-18(13-19)22-21(15-25-26-22)31-20-7-5-17(14-24)6-8-20/h2-8,13,21-22,25-26H,9-12,15H2,1H3. The van der Waals surface area contributed by atoms with Gasteiger partial charge in [-0.1, -0.05) is 12.1 Å². The Morgan fingerprint density at radius 3 is 2.45 bits per heavy atom. The Hall–Kier alpha value is -3.41. The van der Waals surface area contributed by atoms with E-state index in [1.807, 2.05) is 24.3 Å². The highest BCUT2D eigenvalue weighted by Gasteiger charge is 2.31. The highest BCUT2D eigenvalue weighted by atomic mass is 16.5. The van der Waals surface area contributed by atoms with Crippen LogP contribution in [0.5, 0.6) is 5.75 Å². The first kappa shape index (κ1) is 20.8. The van der Waals surface area contributed by atoms with Gasteiger partial charge < -0.3 is 14.5 Å². The summed E-state index contributed by atoms with van der Waals surface area (Å²) in [5.41, 5.74) is 8.53. The Morgan fingerprint density at radius 2 is 1.77 bits per heavy atom. The van der Waals surface area contributed by atoms with E-state index in [9.17, 15) is 9.59 Å². The summed E-state index contributed by atoms with van der Waals surface area (Å²) in [6.45, 7) is 4.37. The summed E-state index contributed by atoms with van der Waals surface area (Å²) in [6, 6.07) is 16.6. The molecule has 2 heterocycles. The molecule has 0 aliphatic carbocycles. The molecule has 2 N–H and O–H groups in total. The van der Waals surface area contributed by atoms with Crippen molar-refractivity contribution in [1.29, 1.82) is 5.26 Å². The number of hydrazine groups is 1. The zero-order chi connectivity index (χ0) is 21.8. The van der Waals surface area contributed by atoms with Crippen LogP contribution >= 0.6 is 0 Å². The molecule has 2 atom stereocenters. The summed E-state index contributed by atoms with van der Waals surface area (Å²) in [5, 5.41) is 8.95. The third-order valence-electron chi connectivity index (χ3n) is 5.71. The molecule has 2 aromatic carbocycles. The summed E-state index contributed by atoms with van der Waals surface area (Å²) in [4.78, 5) is 28.1. The van der Waals surface area contributed by atoms with E-state index >= 15 is 0 Å². The monoisotopic (exact) mass is 419 g/mol. The number of amides is 2. The first-order valence-electron chi connectivity index (χ1n) is 10.3. The lowest BCUT2D eigenvalue weighted by Gasteiger charge is -2.34. The summed E-state index contributed by atoms with van der Waals surface area (Å²) >= 11 is 0. The molecule has 0 saturated carbocycles. The molecule has 8 heteroatoms. The lowest BCUT2D eigenvalue weighted by molar-refractivity contribution is -0.130. The van der Waals surface area contributed by atoms with Gasteiger partial charge >= 0.3 is 0 Å². The van der Waals surface area contributed by atoms with Gasteiger partial charge in [0.15, 0.2) is 0 Å². The van der Waals surface area contributed by atoms with Crippen LogP contribution in [0.4, 0.5) is 0 Å². The van der Waals surface area contributed by atoms with Crippen molar-refractivity contribution in [2.75, 3.05) is 32.7 Å². The third-order valence-corrected chi connectivity index (χ3v) is 5.71. The van der Waals surface area contributed by atoms with Crippen LogP contribution in [-0.2, 0) is 4.79 Å². The van der Waals surface area contributed by atoms with Gasteiger partial charge in [0.1, 0.15) is 11.9 Å². The topological polar surface area (TPSA) is 97.7 Å². The summed E-state index contributed by atoms with van der Waals surface area (Å²) < 4.78 is 6.13. The normalized spacial score (nSPS) is 20.9. The molecule has 2 aliphatic rings. The molecule has 0 bridgehead atoms. The Labute approximate surface area is 181 Å². The fourth-order valence-corrected chi connectivity index (χ4v) is 3.94. The minimum atomic E-state index is -0.169. The van der Waals surface area contributed by atoms with Gasteiger partial charge in [-0.25, -0.2) is 5.43 Å². The van der Waals surface area contributed by atoms with E-state index < -0.39 is 0 Å². The van der Waals surface area contributed by atoms with Crippen molar-refractivity contribution in [3.05, 3.63) is 65.2 Å². The highest BCUT2D eigenvalue weighted by molar-refractivity contribution is 5.94. The molecule has 8 nitrogen and oxygen atoms in total. The van der Waals surface area contributed by atoms with E-state index in [0.29, 0.717) is 49.6 Å². The van der Waals surface area contributed by atoms with Crippen LogP contribution in [0.15, 0.2) is 48.5 Å². The summed E-state index contributed by atoms with van der Waals surface area (Å²) in [5.74, 6) is 0.706. The van der Waals surface area contributed by atoms with E-state index in [1.54, 1.807) is 41.0 Å². The van der Waals surface area contributed by atoms with E-state index in [4.69, 9.17) is 10.00 Å². The Bertz CT molecular complexity index is 993. The molecule has 0 aromatic heterocycles. The first-order chi connectivity index (χ1) is 15.0. The molecule has 2 amide bonds. The number of carbonyl (C=O) groups is 2. The molecule has 2 aromatic rings. The SMILES string of the molecule is CC(=O)N1CCN(C(=O)c2cccc(C3NNCC3Oc3ccc(C#N)cc3)c2)CC1. The average Bonchev–Trinajstić information content (AvgIpc) is 3.27. The van der Waals surface area contributed by atoms with Crippen molar-refractivity contribution in [2.45, 2.75) is 19.1 Å². The lowest BCUT2D eigenvalue weighted by atomic mass is 10.00. The zero-order valence-electron chi connectivity index (χ0n) is 17.4. The number of nitriles is 1. The van der Waals surface area contributed by atoms with E-state index in [0.717, 1.165) is 5.56 Å². The van der Waals surface area contributed by atoms with Gasteiger partial charge in [-0.3, -0.25) is 15.0 Å². The highest BCUT2D eigenvalue weighted by Crippen LogP contribution is 2.25. The van der Waals surface area contributed by atoms with Crippen LogP contribution in [0.25, 0.3) is 0 Å². The number of carbonyl (C=O) groups excluding carboxylic acids is 2. The first-order valence-corrected chi connectivity index (χ1v) is 10.3. The number of hydrogen-bond acceptors (Lipinski definition) is 6. The van der Waals surface area contributed by atoms with Gasteiger partial charge in [0.2, 0.25) is 5.91 Å². The minimum absolute atomic E-state index is 0.0273. The molecule has 0 spiro atoms. The van der Waals surface area contributed by atoms with Crippen LogP contribution in [0.3, 0.4) is 0 Å². The molecule has 2 unspecified atom stereocenters. The molecule has 0 radical (unpaired) electrons. The second kappa shape index (κ2) is 9.16. The van der Waals surface area contributed by atoms with E-state index in [-0.39, 0.29) is 24.0 Å². The van der Waals surface area contributed by atoms with E-state index in [2.05, 4.69) is 16.9 Å². The smallest absolute Gasteiger partial charge is 0.253 e. The molecule has 160 valence electrons. The van der Waals surface area contributed by atoms with Gasteiger partial charge in [0, 0.05) is 45.2 Å². The Kier molecular flexibility index (Phi) is 6.16. The van der Waals surface area contributed by atoms with Gasteiger partial charge in [0.05, 0.1) is 17.7 Å². The van der Waals surface area contributed by atoms with Crippen LogP contribution in [-0.4, -0.2) is 60.4 Å². The molecular weight excluding hydrogens is 394 g/mol. The lowest BCUT2D eigenvalue weighted by Crippen LogP contribution is -2.50. The van der Waals surface area contributed by atoms with Gasteiger partial charge in [-0.05, 0) is 42.0 Å². The quantitative estimate of drug-likeness (QED) is 0.779. The molecule has 31 heavy (non-hydrogen) atoms. The number of nitrogens with zero attached hydrogens (tertiary/aromatic N) is 3. The molecular formula is C23H25N5O3. The van der Waals surface area contributed by atoms with Crippen molar-refractivity contribution in [2.24, 2.45) is 0 Å². The van der Waals surface area contributed by atoms with E-state index in [1.165, 1.54) is 0 Å². The Balaban J connectivity index is 1.45. The van der Waals surface area contributed by atoms with Crippen LogP contribution in [0, 0.1) is 11.3 Å². The molecule has 2 fully saturated rings. The van der Waals surface area contributed by atoms with Crippen molar-refractivity contribution in [3.63, 3.8) is 0 Å². The second-order valence-corrected chi connectivity index (χ2v) is 7.72. The van der Waals surface area contributed by atoms with Crippen molar-refractivity contribution >= 4 is 11.8 Å². The zero-order valence-corrected chi connectivity index (χ0v) is 17.4. The fraction of sp³-hybridized carbons (Fsp3) is 0.348. The average molecular weight is 419 g/mol. The van der Waals surface area contributed by atoms with Gasteiger partial charge in [-0.2, -0.15) is 5.26 Å². The maximum Gasteiger partial charge on any atom is 0.253 e. The van der Waals surface area contributed by atoms with Gasteiger partial charge in [0.25, 0.3) is 5.91 Å². The maximum atomic E-state index is 13.0. The minimum Gasteiger partial charge on any atom is -0.487 e. The van der Waals surface area contributed by atoms with Crippen molar-refractivity contribution in [1.82, 2.24) is 20.7 Å². The van der Waals surface area contributed by atoms with Crippen LogP contribution < -0.4 is 15.6 Å². The number of nitrogens with one attached hydrogen (secondary N) is 2. The number of rotatable bonds is 4. The van der Waals surface area contributed by atoms with Crippen LogP contribution in [0.1, 0.15) is 34.5 Å². The van der Waals surface area contributed by atoms with Crippen LogP contribution in [0.2, 0.25) is 0 Å². The number of ether oxygens (including phenoxy) is 1. The number of piperazine rings is 1. The third kappa shape index (κ3) is 4.68. The predicted octanol–water partition coefficient (Wildman–Crippen LogP) is 1.46.